The molecule has 1 aliphatic heterocycles. The third-order valence-corrected chi connectivity index (χ3v) is 6.20. The summed E-state index contributed by atoms with van der Waals surface area (Å²) in [4.78, 5) is 20.2. The molecular formula is C26H32N2O3. The fraction of sp³-hybridized carbons (Fsp3) is 0.462. The second kappa shape index (κ2) is 10.5. The third-order valence-electron chi connectivity index (χ3n) is 6.20. The van der Waals surface area contributed by atoms with Crippen LogP contribution in [-0.2, 0) is 16.1 Å². The van der Waals surface area contributed by atoms with E-state index in [0.717, 1.165) is 62.9 Å². The summed E-state index contributed by atoms with van der Waals surface area (Å²) < 4.78 is 5.72. The van der Waals surface area contributed by atoms with Gasteiger partial charge in [-0.05, 0) is 85.9 Å². The first kappa shape index (κ1) is 21.4. The Kier molecular flexibility index (Phi) is 7.23. The Labute approximate surface area is 185 Å². The van der Waals surface area contributed by atoms with E-state index in [1.165, 1.54) is 17.5 Å². The molecule has 164 valence electrons. The topological polar surface area (TPSA) is 51.1 Å². The minimum atomic E-state index is 0.0231. The monoisotopic (exact) mass is 420 g/mol. The van der Waals surface area contributed by atoms with Crippen LogP contribution in [0.3, 0.4) is 0 Å². The number of likely N-dealkylation sites (tertiary alicyclic amines) is 1. The van der Waals surface area contributed by atoms with Crippen LogP contribution in [0.15, 0.2) is 53.7 Å². The van der Waals surface area contributed by atoms with Gasteiger partial charge in [-0.15, -0.1) is 0 Å². The summed E-state index contributed by atoms with van der Waals surface area (Å²) in [6, 6.07) is 16.3. The van der Waals surface area contributed by atoms with E-state index in [1.807, 2.05) is 29.2 Å². The van der Waals surface area contributed by atoms with E-state index < -0.39 is 0 Å². The number of carbonyl (C=O) groups is 1. The molecular weight excluding hydrogens is 388 g/mol. The Morgan fingerprint density at radius 1 is 1.03 bits per heavy atom. The van der Waals surface area contributed by atoms with E-state index in [1.54, 1.807) is 0 Å². The Bertz CT molecular complexity index is 901. The summed E-state index contributed by atoms with van der Waals surface area (Å²) in [5.74, 6) is 0.771. The van der Waals surface area contributed by atoms with Gasteiger partial charge in [0.1, 0.15) is 5.75 Å². The number of carbonyl (C=O) groups excluding carboxylic acids is 1. The van der Waals surface area contributed by atoms with Gasteiger partial charge in [0.2, 0.25) is 0 Å². The van der Waals surface area contributed by atoms with Crippen molar-refractivity contribution in [2.24, 2.45) is 5.16 Å². The van der Waals surface area contributed by atoms with Gasteiger partial charge in [-0.1, -0.05) is 36.3 Å². The number of fused-ring (bicyclic) bond motifs is 1. The van der Waals surface area contributed by atoms with Crippen LogP contribution in [0.5, 0.6) is 5.75 Å². The van der Waals surface area contributed by atoms with Crippen LogP contribution < -0.4 is 4.74 Å². The first-order valence-electron chi connectivity index (χ1n) is 11.6. The van der Waals surface area contributed by atoms with Crippen molar-refractivity contribution in [2.75, 3.05) is 19.7 Å². The van der Waals surface area contributed by atoms with Crippen LogP contribution in [-0.4, -0.2) is 36.2 Å². The predicted octanol–water partition coefficient (Wildman–Crippen LogP) is 5.29. The zero-order valence-corrected chi connectivity index (χ0v) is 18.4. The molecule has 0 N–H and O–H groups in total. The van der Waals surface area contributed by atoms with Crippen molar-refractivity contribution in [3.05, 3.63) is 65.2 Å². The quantitative estimate of drug-likeness (QED) is 0.452. The Balaban J connectivity index is 1.35. The summed E-state index contributed by atoms with van der Waals surface area (Å²) in [6.45, 7) is 3.88. The maximum atomic E-state index is 12.3. The fourth-order valence-corrected chi connectivity index (χ4v) is 4.39. The van der Waals surface area contributed by atoms with Crippen molar-refractivity contribution >= 4 is 11.6 Å². The van der Waals surface area contributed by atoms with Crippen LogP contribution in [0, 0.1) is 0 Å². The molecule has 0 aromatic heterocycles. The van der Waals surface area contributed by atoms with Gasteiger partial charge >= 0.3 is 0 Å². The standard InChI is InChI=1S/C26H32N2O3/c1-2-24(27-31-25-12-8-10-20-9-4-5-11-23(20)25)21-13-15-22(16-14-21)30-19-26(29)28-17-6-3-7-18-28/h4-5,9,11,13-16,25H,2-3,6-8,10,12,17-19H2,1H3. The molecule has 1 unspecified atom stereocenters. The van der Waals surface area contributed by atoms with Crippen molar-refractivity contribution in [1.29, 1.82) is 0 Å². The number of nitrogens with zero attached hydrogens (tertiary/aromatic N) is 2. The highest BCUT2D eigenvalue weighted by Gasteiger charge is 2.21. The molecule has 2 aromatic carbocycles. The lowest BCUT2D eigenvalue weighted by atomic mass is 9.90. The molecule has 0 saturated carbocycles. The normalized spacial score (nSPS) is 18.9. The van der Waals surface area contributed by atoms with Gasteiger partial charge in [0.25, 0.3) is 5.91 Å². The second-order valence-corrected chi connectivity index (χ2v) is 8.33. The van der Waals surface area contributed by atoms with Crippen LogP contribution >= 0.6 is 0 Å². The zero-order valence-electron chi connectivity index (χ0n) is 18.4. The molecule has 1 atom stereocenters. The number of ether oxygens (including phenoxy) is 1. The van der Waals surface area contributed by atoms with Gasteiger partial charge in [0, 0.05) is 13.1 Å². The van der Waals surface area contributed by atoms with Gasteiger partial charge in [0.15, 0.2) is 12.7 Å². The second-order valence-electron chi connectivity index (χ2n) is 8.33. The molecule has 1 saturated heterocycles. The van der Waals surface area contributed by atoms with E-state index in [9.17, 15) is 4.79 Å². The maximum Gasteiger partial charge on any atom is 0.260 e. The highest BCUT2D eigenvalue weighted by molar-refractivity contribution is 6.00. The molecule has 1 fully saturated rings. The SMILES string of the molecule is CCC(=NOC1CCCc2ccccc21)c1ccc(OCC(=O)N2CCCCC2)cc1. The molecule has 0 radical (unpaired) electrons. The molecule has 1 amide bonds. The number of hydrogen-bond donors (Lipinski definition) is 0. The Morgan fingerprint density at radius 2 is 1.81 bits per heavy atom. The minimum absolute atomic E-state index is 0.0231. The molecule has 2 aliphatic rings. The summed E-state index contributed by atoms with van der Waals surface area (Å²) in [5.41, 5.74) is 4.56. The van der Waals surface area contributed by atoms with E-state index in [-0.39, 0.29) is 18.6 Å². The highest BCUT2D eigenvalue weighted by Crippen LogP contribution is 2.32. The first-order valence-corrected chi connectivity index (χ1v) is 11.6. The molecule has 1 aliphatic carbocycles. The Hall–Kier alpha value is -2.82. The van der Waals surface area contributed by atoms with Crippen LogP contribution in [0.2, 0.25) is 0 Å². The van der Waals surface area contributed by atoms with Gasteiger partial charge < -0.3 is 14.5 Å². The van der Waals surface area contributed by atoms with Gasteiger partial charge in [-0.25, -0.2) is 0 Å². The Morgan fingerprint density at radius 3 is 2.58 bits per heavy atom. The number of amides is 1. The molecule has 5 nitrogen and oxygen atoms in total. The maximum absolute atomic E-state index is 12.3. The van der Waals surface area contributed by atoms with Crippen molar-refractivity contribution in [3.8, 4) is 5.75 Å². The summed E-state index contributed by atoms with van der Waals surface area (Å²) in [6.07, 6.45) is 7.43. The number of oxime groups is 1. The number of piperidine rings is 1. The predicted molar refractivity (Wildman–Crippen MR) is 122 cm³/mol. The van der Waals surface area contributed by atoms with Crippen molar-refractivity contribution in [1.82, 2.24) is 4.90 Å². The van der Waals surface area contributed by atoms with Gasteiger partial charge in [-0.2, -0.15) is 0 Å². The van der Waals surface area contributed by atoms with Crippen LogP contribution in [0.4, 0.5) is 0 Å². The molecule has 0 bridgehead atoms. The van der Waals surface area contributed by atoms with Crippen LogP contribution in [0.25, 0.3) is 0 Å². The zero-order chi connectivity index (χ0) is 21.5. The smallest absolute Gasteiger partial charge is 0.260 e. The number of benzene rings is 2. The average molecular weight is 421 g/mol. The van der Waals surface area contributed by atoms with Crippen molar-refractivity contribution in [3.63, 3.8) is 0 Å². The molecule has 31 heavy (non-hydrogen) atoms. The van der Waals surface area contributed by atoms with E-state index in [0.29, 0.717) is 5.75 Å². The number of rotatable bonds is 7. The lowest BCUT2D eigenvalue weighted by molar-refractivity contribution is -0.134. The average Bonchev–Trinajstić information content (AvgIpc) is 2.84. The number of aryl methyl sites for hydroxylation is 1. The van der Waals surface area contributed by atoms with Gasteiger partial charge in [-0.3, -0.25) is 4.79 Å². The lowest BCUT2D eigenvalue weighted by Crippen LogP contribution is -2.38. The van der Waals surface area contributed by atoms with E-state index in [2.05, 4.69) is 36.3 Å². The molecule has 0 spiro atoms. The van der Waals surface area contributed by atoms with Crippen molar-refractivity contribution in [2.45, 2.75) is 58.0 Å². The third kappa shape index (κ3) is 5.46. The first-order chi connectivity index (χ1) is 15.2. The molecule has 4 rings (SSSR count). The summed E-state index contributed by atoms with van der Waals surface area (Å²) in [5, 5.41) is 4.52. The van der Waals surface area contributed by atoms with E-state index >= 15 is 0 Å². The molecule has 2 aromatic rings. The number of hydrogen-bond acceptors (Lipinski definition) is 4. The largest absolute Gasteiger partial charge is 0.484 e. The fourth-order valence-electron chi connectivity index (χ4n) is 4.39. The lowest BCUT2D eigenvalue weighted by Gasteiger charge is -2.26. The van der Waals surface area contributed by atoms with Gasteiger partial charge in [0.05, 0.1) is 5.71 Å². The summed E-state index contributed by atoms with van der Waals surface area (Å²) >= 11 is 0. The van der Waals surface area contributed by atoms with E-state index in [4.69, 9.17) is 9.57 Å². The molecule has 1 heterocycles. The molecule has 5 heteroatoms. The highest BCUT2D eigenvalue weighted by atomic mass is 16.6. The van der Waals surface area contributed by atoms with Crippen molar-refractivity contribution < 1.29 is 14.4 Å². The minimum Gasteiger partial charge on any atom is -0.484 e. The summed E-state index contributed by atoms with van der Waals surface area (Å²) in [7, 11) is 0. The van der Waals surface area contributed by atoms with Crippen LogP contribution in [0.1, 0.15) is 68.2 Å².